The minimum absolute atomic E-state index is 0. The molecule has 26 heavy (non-hydrogen) atoms. The molecule has 0 spiro atoms. The number of hydrogen-bond acceptors (Lipinski definition) is 4. The SMILES string of the molecule is COC(=O)c1ccc(CN=C(N)NC(C)CCCC(C)C)cc1OC.I. The van der Waals surface area contributed by atoms with Crippen LogP contribution in [0.2, 0.25) is 0 Å². The average Bonchev–Trinajstić information content (AvgIpc) is 2.58. The summed E-state index contributed by atoms with van der Waals surface area (Å²) in [5.41, 5.74) is 7.25. The first kappa shape index (κ1) is 24.5. The van der Waals surface area contributed by atoms with Crippen molar-refractivity contribution in [1.29, 1.82) is 0 Å². The van der Waals surface area contributed by atoms with Gasteiger partial charge in [0.1, 0.15) is 11.3 Å². The number of aliphatic imine (C=N–C) groups is 1. The van der Waals surface area contributed by atoms with Gasteiger partial charge < -0.3 is 20.5 Å². The maximum Gasteiger partial charge on any atom is 0.341 e. The fourth-order valence-corrected chi connectivity index (χ4v) is 2.49. The quantitative estimate of drug-likeness (QED) is 0.245. The summed E-state index contributed by atoms with van der Waals surface area (Å²) in [7, 11) is 2.86. The van der Waals surface area contributed by atoms with Crippen LogP contribution in [0.5, 0.6) is 5.75 Å². The van der Waals surface area contributed by atoms with Gasteiger partial charge >= 0.3 is 5.97 Å². The van der Waals surface area contributed by atoms with E-state index >= 15 is 0 Å². The molecule has 6 nitrogen and oxygen atoms in total. The molecule has 0 amide bonds. The number of methoxy groups -OCH3 is 2. The van der Waals surface area contributed by atoms with Gasteiger partial charge in [-0.3, -0.25) is 0 Å². The number of ether oxygens (including phenoxy) is 2. The summed E-state index contributed by atoms with van der Waals surface area (Å²) >= 11 is 0. The second kappa shape index (κ2) is 12.8. The van der Waals surface area contributed by atoms with Crippen LogP contribution in [-0.4, -0.2) is 32.2 Å². The minimum atomic E-state index is -0.427. The maximum atomic E-state index is 11.7. The molecule has 0 radical (unpaired) electrons. The molecule has 1 aromatic carbocycles. The lowest BCUT2D eigenvalue weighted by molar-refractivity contribution is 0.0597. The molecule has 1 rings (SSSR count). The molecule has 0 bridgehead atoms. The van der Waals surface area contributed by atoms with Crippen molar-refractivity contribution in [2.45, 2.75) is 52.6 Å². The lowest BCUT2D eigenvalue weighted by atomic mass is 10.0. The zero-order valence-corrected chi connectivity index (χ0v) is 18.7. The molecule has 1 aromatic rings. The number of guanidine groups is 1. The van der Waals surface area contributed by atoms with Gasteiger partial charge in [-0.25, -0.2) is 9.79 Å². The lowest BCUT2D eigenvalue weighted by Crippen LogP contribution is -2.38. The van der Waals surface area contributed by atoms with Crippen molar-refractivity contribution in [1.82, 2.24) is 5.32 Å². The predicted molar refractivity (Wildman–Crippen MR) is 116 cm³/mol. The fraction of sp³-hybridized carbons (Fsp3) is 0.579. The molecule has 0 aliphatic carbocycles. The fourth-order valence-electron chi connectivity index (χ4n) is 2.49. The molecule has 1 atom stereocenters. The Morgan fingerprint density at radius 1 is 1.23 bits per heavy atom. The van der Waals surface area contributed by atoms with E-state index in [0.29, 0.717) is 29.9 Å². The summed E-state index contributed by atoms with van der Waals surface area (Å²) < 4.78 is 9.98. The number of halogens is 1. The molecule has 0 saturated carbocycles. The minimum Gasteiger partial charge on any atom is -0.496 e. The monoisotopic (exact) mass is 477 g/mol. The van der Waals surface area contributed by atoms with Crippen LogP contribution in [0.3, 0.4) is 0 Å². The molecule has 1 unspecified atom stereocenters. The molecule has 7 heteroatoms. The smallest absolute Gasteiger partial charge is 0.341 e. The number of nitrogens with two attached hydrogens (primary N) is 1. The average molecular weight is 477 g/mol. The van der Waals surface area contributed by atoms with E-state index in [4.69, 9.17) is 15.2 Å². The van der Waals surface area contributed by atoms with E-state index < -0.39 is 5.97 Å². The van der Waals surface area contributed by atoms with E-state index in [0.717, 1.165) is 17.9 Å². The Bertz CT molecular complexity index is 591. The van der Waals surface area contributed by atoms with E-state index in [1.165, 1.54) is 27.1 Å². The van der Waals surface area contributed by atoms with Crippen LogP contribution in [0.1, 0.15) is 56.0 Å². The van der Waals surface area contributed by atoms with E-state index in [1.807, 2.05) is 6.07 Å². The molecule has 0 aliphatic rings. The molecule has 148 valence electrons. The number of rotatable bonds is 9. The highest BCUT2D eigenvalue weighted by Crippen LogP contribution is 2.21. The van der Waals surface area contributed by atoms with Crippen molar-refractivity contribution < 1.29 is 14.3 Å². The first-order valence-electron chi connectivity index (χ1n) is 8.69. The zero-order valence-electron chi connectivity index (χ0n) is 16.4. The van der Waals surface area contributed by atoms with Crippen LogP contribution < -0.4 is 15.8 Å². The molecular formula is C19H32IN3O3. The number of nitrogens with one attached hydrogen (secondary N) is 1. The highest BCUT2D eigenvalue weighted by molar-refractivity contribution is 14.0. The number of benzene rings is 1. The van der Waals surface area contributed by atoms with Gasteiger partial charge in [0, 0.05) is 6.04 Å². The third-order valence-corrected chi connectivity index (χ3v) is 3.92. The first-order chi connectivity index (χ1) is 11.9. The van der Waals surface area contributed by atoms with Gasteiger partial charge in [0.2, 0.25) is 0 Å². The van der Waals surface area contributed by atoms with Crippen molar-refractivity contribution in [3.05, 3.63) is 29.3 Å². The number of carbonyl (C=O) groups excluding carboxylic acids is 1. The second-order valence-electron chi connectivity index (χ2n) is 6.60. The standard InChI is InChI=1S/C19H31N3O3.HI/c1-13(2)7-6-8-14(3)22-19(20)21-12-15-9-10-16(18(23)25-5)17(11-15)24-4;/h9-11,13-14H,6-8,12H2,1-5H3,(H3,20,21,22);1H. The Morgan fingerprint density at radius 3 is 2.50 bits per heavy atom. The summed E-state index contributed by atoms with van der Waals surface area (Å²) in [6.45, 7) is 6.98. The van der Waals surface area contributed by atoms with Crippen LogP contribution in [0, 0.1) is 5.92 Å². The predicted octanol–water partition coefficient (Wildman–Crippen LogP) is 3.72. The Balaban J connectivity index is 0.00000625. The molecule has 0 heterocycles. The van der Waals surface area contributed by atoms with E-state index in [2.05, 4.69) is 31.1 Å². The van der Waals surface area contributed by atoms with Gasteiger partial charge in [-0.15, -0.1) is 24.0 Å². The first-order valence-corrected chi connectivity index (χ1v) is 8.69. The molecular weight excluding hydrogens is 445 g/mol. The highest BCUT2D eigenvalue weighted by Gasteiger charge is 2.13. The van der Waals surface area contributed by atoms with Gasteiger partial charge in [0.05, 0.1) is 20.8 Å². The van der Waals surface area contributed by atoms with Crippen molar-refractivity contribution in [3.63, 3.8) is 0 Å². The lowest BCUT2D eigenvalue weighted by Gasteiger charge is -2.15. The molecule has 3 N–H and O–H groups in total. The van der Waals surface area contributed by atoms with E-state index in [-0.39, 0.29) is 24.0 Å². The number of hydrogen-bond donors (Lipinski definition) is 2. The summed E-state index contributed by atoms with van der Waals surface area (Å²) in [5.74, 6) is 1.19. The molecule has 0 aromatic heterocycles. The summed E-state index contributed by atoms with van der Waals surface area (Å²) in [5, 5.41) is 3.21. The largest absolute Gasteiger partial charge is 0.496 e. The summed E-state index contributed by atoms with van der Waals surface area (Å²) in [6, 6.07) is 5.55. The second-order valence-corrected chi connectivity index (χ2v) is 6.60. The van der Waals surface area contributed by atoms with Gasteiger partial charge in [0.25, 0.3) is 0 Å². The number of carbonyl (C=O) groups is 1. The molecule has 0 saturated heterocycles. The van der Waals surface area contributed by atoms with Gasteiger partial charge in [0.15, 0.2) is 5.96 Å². The van der Waals surface area contributed by atoms with Crippen LogP contribution in [0.15, 0.2) is 23.2 Å². The van der Waals surface area contributed by atoms with Crippen LogP contribution in [0.25, 0.3) is 0 Å². The Hall–Kier alpha value is -1.51. The van der Waals surface area contributed by atoms with E-state index in [9.17, 15) is 4.79 Å². The number of nitrogens with zero attached hydrogens (tertiary/aromatic N) is 1. The van der Waals surface area contributed by atoms with Crippen molar-refractivity contribution in [2.24, 2.45) is 16.6 Å². The van der Waals surface area contributed by atoms with Crippen LogP contribution in [-0.2, 0) is 11.3 Å². The molecule has 0 fully saturated rings. The van der Waals surface area contributed by atoms with Gasteiger partial charge in [-0.2, -0.15) is 0 Å². The Morgan fingerprint density at radius 2 is 1.92 bits per heavy atom. The van der Waals surface area contributed by atoms with Gasteiger partial charge in [-0.1, -0.05) is 32.8 Å². The summed E-state index contributed by atoms with van der Waals surface area (Å²) in [6.07, 6.45) is 3.46. The van der Waals surface area contributed by atoms with E-state index in [1.54, 1.807) is 12.1 Å². The topological polar surface area (TPSA) is 85.9 Å². The van der Waals surface area contributed by atoms with Crippen LogP contribution >= 0.6 is 24.0 Å². The van der Waals surface area contributed by atoms with Crippen LogP contribution in [0.4, 0.5) is 0 Å². The third-order valence-electron chi connectivity index (χ3n) is 3.92. The van der Waals surface area contributed by atoms with Crippen molar-refractivity contribution in [3.8, 4) is 5.75 Å². The Kier molecular flexibility index (Phi) is 12.0. The zero-order chi connectivity index (χ0) is 18.8. The third kappa shape index (κ3) is 8.73. The molecule has 0 aliphatic heterocycles. The van der Waals surface area contributed by atoms with Gasteiger partial charge in [-0.05, 0) is 37.0 Å². The maximum absolute atomic E-state index is 11.7. The Labute approximate surface area is 173 Å². The summed E-state index contributed by atoms with van der Waals surface area (Å²) in [4.78, 5) is 16.0. The number of esters is 1. The van der Waals surface area contributed by atoms with Crippen molar-refractivity contribution >= 4 is 35.9 Å². The van der Waals surface area contributed by atoms with Crippen molar-refractivity contribution in [2.75, 3.05) is 14.2 Å². The normalized spacial score (nSPS) is 12.3. The highest BCUT2D eigenvalue weighted by atomic mass is 127.